The third kappa shape index (κ3) is 3.55. The lowest BCUT2D eigenvalue weighted by molar-refractivity contribution is 0.181. The standard InChI is InChI=1S/C17H23N3O4/c1-23-15-12-13(6-7-14(15)20-10-11-24-17(20)22)18-16(21)19-8-4-2-3-5-9-19/h6-7,12H,2-5,8-11H2,1H3,(H,18,21). The highest BCUT2D eigenvalue weighted by Gasteiger charge is 2.26. The first-order valence-electron chi connectivity index (χ1n) is 8.37. The number of hydrogen-bond acceptors (Lipinski definition) is 4. The number of amides is 3. The maximum absolute atomic E-state index is 12.4. The first-order chi connectivity index (χ1) is 11.7. The average molecular weight is 333 g/mol. The first-order valence-corrected chi connectivity index (χ1v) is 8.37. The molecule has 7 nitrogen and oxygen atoms in total. The van der Waals surface area contributed by atoms with Crippen molar-refractivity contribution in [1.29, 1.82) is 0 Å². The summed E-state index contributed by atoms with van der Waals surface area (Å²) in [6.45, 7) is 2.45. The molecule has 24 heavy (non-hydrogen) atoms. The van der Waals surface area contributed by atoms with E-state index in [1.165, 1.54) is 17.7 Å². The Kier molecular flexibility index (Phi) is 5.08. The van der Waals surface area contributed by atoms with Crippen LogP contribution in [0.5, 0.6) is 5.75 Å². The van der Waals surface area contributed by atoms with Crippen LogP contribution < -0.4 is 15.0 Å². The molecule has 2 aliphatic heterocycles. The number of cyclic esters (lactones) is 1. The highest BCUT2D eigenvalue weighted by atomic mass is 16.6. The van der Waals surface area contributed by atoms with Gasteiger partial charge < -0.3 is 19.7 Å². The van der Waals surface area contributed by atoms with E-state index in [0.29, 0.717) is 30.3 Å². The zero-order valence-corrected chi connectivity index (χ0v) is 13.9. The number of nitrogens with zero attached hydrogens (tertiary/aromatic N) is 2. The molecule has 0 saturated carbocycles. The van der Waals surface area contributed by atoms with Gasteiger partial charge in [-0.2, -0.15) is 0 Å². The summed E-state index contributed by atoms with van der Waals surface area (Å²) in [4.78, 5) is 27.5. The molecule has 1 aromatic rings. The highest BCUT2D eigenvalue weighted by Crippen LogP contribution is 2.33. The van der Waals surface area contributed by atoms with Gasteiger partial charge in [0.25, 0.3) is 0 Å². The predicted molar refractivity (Wildman–Crippen MR) is 90.7 cm³/mol. The Labute approximate surface area is 141 Å². The zero-order valence-electron chi connectivity index (χ0n) is 13.9. The molecular formula is C17H23N3O4. The number of carbonyl (C=O) groups excluding carboxylic acids is 2. The van der Waals surface area contributed by atoms with Gasteiger partial charge in [-0.25, -0.2) is 9.59 Å². The summed E-state index contributed by atoms with van der Waals surface area (Å²) in [7, 11) is 1.54. The van der Waals surface area contributed by atoms with Crippen LogP contribution in [0.3, 0.4) is 0 Å². The Morgan fingerprint density at radius 2 is 1.92 bits per heavy atom. The van der Waals surface area contributed by atoms with Crippen molar-refractivity contribution in [3.8, 4) is 5.75 Å². The van der Waals surface area contributed by atoms with Gasteiger partial charge >= 0.3 is 12.1 Å². The van der Waals surface area contributed by atoms with Crippen molar-refractivity contribution in [2.45, 2.75) is 25.7 Å². The molecule has 3 amide bonds. The number of rotatable bonds is 3. The SMILES string of the molecule is COc1cc(NC(=O)N2CCCCCC2)ccc1N1CCOC1=O. The molecule has 0 bridgehead atoms. The van der Waals surface area contributed by atoms with Gasteiger partial charge in [0.05, 0.1) is 19.3 Å². The third-order valence-corrected chi connectivity index (χ3v) is 4.38. The van der Waals surface area contributed by atoms with Crippen LogP contribution in [-0.2, 0) is 4.74 Å². The van der Waals surface area contributed by atoms with Crippen LogP contribution in [-0.4, -0.2) is 50.4 Å². The van der Waals surface area contributed by atoms with Crippen molar-refractivity contribution < 1.29 is 19.1 Å². The monoisotopic (exact) mass is 333 g/mol. The Morgan fingerprint density at radius 3 is 2.54 bits per heavy atom. The molecule has 0 aromatic heterocycles. The van der Waals surface area contributed by atoms with E-state index in [9.17, 15) is 9.59 Å². The lowest BCUT2D eigenvalue weighted by atomic mass is 10.2. The molecule has 2 fully saturated rings. The molecule has 0 aliphatic carbocycles. The fourth-order valence-electron chi connectivity index (χ4n) is 3.07. The maximum Gasteiger partial charge on any atom is 0.414 e. The Hall–Kier alpha value is -2.44. The smallest absolute Gasteiger partial charge is 0.414 e. The van der Waals surface area contributed by atoms with E-state index in [4.69, 9.17) is 9.47 Å². The van der Waals surface area contributed by atoms with Crippen LogP contribution >= 0.6 is 0 Å². The molecular weight excluding hydrogens is 310 g/mol. The number of urea groups is 1. The summed E-state index contributed by atoms with van der Waals surface area (Å²) in [6.07, 6.45) is 4.07. The molecule has 1 aromatic carbocycles. The summed E-state index contributed by atoms with van der Waals surface area (Å²) >= 11 is 0. The van der Waals surface area contributed by atoms with Crippen molar-refractivity contribution in [2.24, 2.45) is 0 Å². The Balaban J connectivity index is 1.72. The van der Waals surface area contributed by atoms with E-state index in [1.807, 2.05) is 4.90 Å². The molecule has 130 valence electrons. The number of likely N-dealkylation sites (tertiary alicyclic amines) is 1. The fraction of sp³-hybridized carbons (Fsp3) is 0.529. The number of carbonyl (C=O) groups is 2. The second-order valence-electron chi connectivity index (χ2n) is 5.98. The third-order valence-electron chi connectivity index (χ3n) is 4.38. The van der Waals surface area contributed by atoms with Gasteiger partial charge in [-0.1, -0.05) is 12.8 Å². The van der Waals surface area contributed by atoms with Crippen LogP contribution in [0, 0.1) is 0 Å². The Morgan fingerprint density at radius 1 is 1.17 bits per heavy atom. The lowest BCUT2D eigenvalue weighted by Crippen LogP contribution is -2.35. The van der Waals surface area contributed by atoms with Gasteiger partial charge in [-0.05, 0) is 25.0 Å². The summed E-state index contributed by atoms with van der Waals surface area (Å²) in [6, 6.07) is 5.19. The minimum atomic E-state index is -0.380. The number of nitrogens with one attached hydrogen (secondary N) is 1. The average Bonchev–Trinajstić information content (AvgIpc) is 2.85. The van der Waals surface area contributed by atoms with Crippen molar-refractivity contribution in [1.82, 2.24) is 4.90 Å². The topological polar surface area (TPSA) is 71.1 Å². The van der Waals surface area contributed by atoms with Crippen LogP contribution in [0.2, 0.25) is 0 Å². The molecule has 2 saturated heterocycles. The molecule has 0 unspecified atom stereocenters. The molecule has 2 heterocycles. The van der Waals surface area contributed by atoms with E-state index in [2.05, 4.69) is 5.32 Å². The van der Waals surface area contributed by atoms with Crippen LogP contribution in [0.4, 0.5) is 21.0 Å². The maximum atomic E-state index is 12.4. The van der Waals surface area contributed by atoms with Gasteiger partial charge in [0.2, 0.25) is 0 Å². The van der Waals surface area contributed by atoms with Gasteiger partial charge in [-0.15, -0.1) is 0 Å². The number of methoxy groups -OCH3 is 1. The number of anilines is 2. The largest absolute Gasteiger partial charge is 0.494 e. The summed E-state index contributed by atoms with van der Waals surface area (Å²) in [5.41, 5.74) is 1.30. The fourth-order valence-corrected chi connectivity index (χ4v) is 3.07. The highest BCUT2D eigenvalue weighted by molar-refractivity contribution is 5.93. The molecule has 0 spiro atoms. The van der Waals surface area contributed by atoms with Crippen LogP contribution in [0.25, 0.3) is 0 Å². The van der Waals surface area contributed by atoms with Gasteiger partial charge in [0, 0.05) is 24.8 Å². The summed E-state index contributed by atoms with van der Waals surface area (Å²) in [5, 5.41) is 2.92. The molecule has 0 atom stereocenters. The number of benzene rings is 1. The minimum Gasteiger partial charge on any atom is -0.494 e. The van der Waals surface area contributed by atoms with E-state index in [1.54, 1.807) is 25.3 Å². The summed E-state index contributed by atoms with van der Waals surface area (Å²) < 4.78 is 10.3. The first kappa shape index (κ1) is 16.4. The normalized spacial score (nSPS) is 18.1. The lowest BCUT2D eigenvalue weighted by Gasteiger charge is -2.22. The molecule has 3 rings (SSSR count). The van der Waals surface area contributed by atoms with Gasteiger partial charge in [-0.3, -0.25) is 4.90 Å². The van der Waals surface area contributed by atoms with E-state index in [0.717, 1.165) is 25.9 Å². The van der Waals surface area contributed by atoms with Gasteiger partial charge in [0.15, 0.2) is 0 Å². The Bertz CT molecular complexity index is 612. The predicted octanol–water partition coefficient (Wildman–Crippen LogP) is 3.06. The van der Waals surface area contributed by atoms with Crippen molar-refractivity contribution in [3.63, 3.8) is 0 Å². The van der Waals surface area contributed by atoms with E-state index >= 15 is 0 Å². The number of ether oxygens (including phenoxy) is 2. The summed E-state index contributed by atoms with van der Waals surface area (Å²) in [5.74, 6) is 0.530. The van der Waals surface area contributed by atoms with Crippen molar-refractivity contribution >= 4 is 23.5 Å². The van der Waals surface area contributed by atoms with E-state index < -0.39 is 0 Å². The van der Waals surface area contributed by atoms with Crippen molar-refractivity contribution in [3.05, 3.63) is 18.2 Å². The number of hydrogen-bond donors (Lipinski definition) is 1. The van der Waals surface area contributed by atoms with Gasteiger partial charge in [0.1, 0.15) is 12.4 Å². The zero-order chi connectivity index (χ0) is 16.9. The second kappa shape index (κ2) is 7.42. The van der Waals surface area contributed by atoms with E-state index in [-0.39, 0.29) is 12.1 Å². The molecule has 1 N–H and O–H groups in total. The minimum absolute atomic E-state index is 0.0905. The molecule has 2 aliphatic rings. The van der Waals surface area contributed by atoms with Crippen molar-refractivity contribution in [2.75, 3.05) is 43.6 Å². The quantitative estimate of drug-likeness (QED) is 0.923. The molecule has 7 heteroatoms. The van der Waals surface area contributed by atoms with Crippen LogP contribution in [0.15, 0.2) is 18.2 Å². The van der Waals surface area contributed by atoms with Crippen LogP contribution in [0.1, 0.15) is 25.7 Å². The molecule has 0 radical (unpaired) electrons. The second-order valence-corrected chi connectivity index (χ2v) is 5.98.